The fourth-order valence-electron chi connectivity index (χ4n) is 1.83. The van der Waals surface area contributed by atoms with Crippen molar-refractivity contribution in [3.8, 4) is 0 Å². The summed E-state index contributed by atoms with van der Waals surface area (Å²) in [4.78, 5) is 15.2. The predicted molar refractivity (Wildman–Crippen MR) is 84.6 cm³/mol. The number of imidazole rings is 1. The summed E-state index contributed by atoms with van der Waals surface area (Å²) in [6.45, 7) is 4.00. The van der Waals surface area contributed by atoms with Gasteiger partial charge in [-0.25, -0.2) is 0 Å². The molecule has 0 saturated carbocycles. The number of hydrogen-bond acceptors (Lipinski definition) is 8. The summed E-state index contributed by atoms with van der Waals surface area (Å²) in [6.07, 6.45) is 1.62. The zero-order valence-corrected chi connectivity index (χ0v) is 13.4. The van der Waals surface area contributed by atoms with E-state index in [4.69, 9.17) is 0 Å². The van der Waals surface area contributed by atoms with Crippen molar-refractivity contribution in [2.45, 2.75) is 29.3 Å². The topological polar surface area (TPSA) is 98.2 Å². The first kappa shape index (κ1) is 14.7. The Labute approximate surface area is 133 Å². The molecule has 0 bridgehead atoms. The third-order valence-electron chi connectivity index (χ3n) is 2.65. The summed E-state index contributed by atoms with van der Waals surface area (Å²) in [6, 6.07) is 5.49. The van der Waals surface area contributed by atoms with Gasteiger partial charge in [0.15, 0.2) is 4.34 Å². The van der Waals surface area contributed by atoms with Crippen molar-refractivity contribution in [2.24, 2.45) is 0 Å². The summed E-state index contributed by atoms with van der Waals surface area (Å²) in [5, 5.41) is 23.5. The Morgan fingerprint density at radius 1 is 1.41 bits per heavy atom. The number of aromatic nitrogens is 4. The van der Waals surface area contributed by atoms with E-state index in [0.29, 0.717) is 20.1 Å². The van der Waals surface area contributed by atoms with Crippen LogP contribution in [0.3, 0.4) is 0 Å². The van der Waals surface area contributed by atoms with Gasteiger partial charge in [0.25, 0.3) is 0 Å². The molecule has 114 valence electrons. The molecule has 0 aromatic carbocycles. The lowest BCUT2D eigenvalue weighted by molar-refractivity contribution is -0.393. The molecule has 3 rings (SSSR count). The Morgan fingerprint density at radius 2 is 2.23 bits per heavy atom. The van der Waals surface area contributed by atoms with Gasteiger partial charge in [0.05, 0.1) is 6.20 Å². The molecule has 0 fully saturated rings. The van der Waals surface area contributed by atoms with Crippen LogP contribution in [0.25, 0.3) is 5.65 Å². The molecule has 0 amide bonds. The minimum atomic E-state index is -0.434. The molecule has 0 unspecified atom stereocenters. The third-order valence-corrected chi connectivity index (χ3v) is 4.52. The molecule has 3 aromatic heterocycles. The van der Waals surface area contributed by atoms with E-state index in [0.717, 1.165) is 11.8 Å². The second kappa shape index (κ2) is 5.89. The van der Waals surface area contributed by atoms with Crippen molar-refractivity contribution in [1.29, 1.82) is 0 Å². The zero-order chi connectivity index (χ0) is 15.7. The quantitative estimate of drug-likeness (QED) is 0.564. The maximum atomic E-state index is 11.3. The lowest BCUT2D eigenvalue weighted by Crippen LogP contribution is -2.08. The molecule has 0 aliphatic heterocycles. The van der Waals surface area contributed by atoms with E-state index in [1.54, 1.807) is 24.4 Å². The monoisotopic (exact) mass is 336 g/mol. The van der Waals surface area contributed by atoms with Crippen LogP contribution in [0.5, 0.6) is 0 Å². The zero-order valence-electron chi connectivity index (χ0n) is 11.8. The van der Waals surface area contributed by atoms with Crippen LogP contribution in [-0.2, 0) is 0 Å². The number of rotatable bonds is 5. The van der Waals surface area contributed by atoms with E-state index in [2.05, 4.69) is 20.5 Å². The van der Waals surface area contributed by atoms with Crippen LogP contribution in [0.2, 0.25) is 0 Å². The molecule has 0 radical (unpaired) electrons. The maximum Gasteiger partial charge on any atom is 0.362 e. The molecule has 3 heterocycles. The molecular weight excluding hydrogens is 324 g/mol. The molecule has 0 saturated heterocycles. The first-order chi connectivity index (χ1) is 10.5. The Bertz CT molecular complexity index is 828. The average Bonchev–Trinajstić information content (AvgIpc) is 3.02. The summed E-state index contributed by atoms with van der Waals surface area (Å²) in [7, 11) is 0. The number of nitrogens with one attached hydrogen (secondary N) is 1. The second-order valence-electron chi connectivity index (χ2n) is 4.70. The van der Waals surface area contributed by atoms with Crippen molar-refractivity contribution >= 4 is 39.7 Å². The van der Waals surface area contributed by atoms with Crippen LogP contribution in [0, 0.1) is 10.1 Å². The number of nitro groups is 1. The molecule has 10 heteroatoms. The number of anilines is 1. The Hall–Kier alpha value is -2.20. The minimum Gasteiger partial charge on any atom is -0.358 e. The highest BCUT2D eigenvalue weighted by Crippen LogP contribution is 2.37. The predicted octanol–water partition coefficient (Wildman–Crippen LogP) is 3.07. The molecule has 0 atom stereocenters. The molecule has 8 nitrogen and oxygen atoms in total. The highest BCUT2D eigenvalue weighted by Gasteiger charge is 2.24. The number of pyridine rings is 1. The van der Waals surface area contributed by atoms with E-state index < -0.39 is 4.92 Å². The van der Waals surface area contributed by atoms with Crippen molar-refractivity contribution < 1.29 is 4.92 Å². The van der Waals surface area contributed by atoms with Gasteiger partial charge in [0.2, 0.25) is 15.8 Å². The van der Waals surface area contributed by atoms with E-state index in [-0.39, 0.29) is 11.9 Å². The van der Waals surface area contributed by atoms with Gasteiger partial charge in [-0.1, -0.05) is 17.4 Å². The molecule has 0 aliphatic carbocycles. The van der Waals surface area contributed by atoms with Gasteiger partial charge in [0, 0.05) is 12.1 Å². The third kappa shape index (κ3) is 2.88. The lowest BCUT2D eigenvalue weighted by Gasteiger charge is -2.02. The molecule has 0 aliphatic rings. The molecular formula is C12H12N6O2S2. The summed E-state index contributed by atoms with van der Waals surface area (Å²) in [5.74, 6) is -0.0610. The highest BCUT2D eigenvalue weighted by molar-refractivity contribution is 8.01. The number of fused-ring (bicyclic) bond motifs is 1. The smallest absolute Gasteiger partial charge is 0.358 e. The first-order valence-corrected chi connectivity index (χ1v) is 8.07. The first-order valence-electron chi connectivity index (χ1n) is 6.44. The summed E-state index contributed by atoms with van der Waals surface area (Å²) in [5.41, 5.74) is 0.529. The average molecular weight is 336 g/mol. The van der Waals surface area contributed by atoms with Gasteiger partial charge >= 0.3 is 5.82 Å². The van der Waals surface area contributed by atoms with Crippen LogP contribution in [-0.4, -0.2) is 30.5 Å². The molecule has 0 spiro atoms. The van der Waals surface area contributed by atoms with Gasteiger partial charge < -0.3 is 15.4 Å². The molecule has 3 aromatic rings. The second-order valence-corrected chi connectivity index (χ2v) is 6.91. The SMILES string of the molecule is CC(C)Nc1nnc(Sc2nc3ccccn3c2[N+](=O)[O-])s1. The largest absolute Gasteiger partial charge is 0.362 e. The fraction of sp³-hybridized carbons (Fsp3) is 0.250. The van der Waals surface area contributed by atoms with Crippen LogP contribution < -0.4 is 5.32 Å². The Kier molecular flexibility index (Phi) is 3.94. The van der Waals surface area contributed by atoms with E-state index in [1.807, 2.05) is 13.8 Å². The summed E-state index contributed by atoms with van der Waals surface area (Å²) < 4.78 is 2.06. The Balaban J connectivity index is 1.95. The van der Waals surface area contributed by atoms with Crippen LogP contribution in [0.1, 0.15) is 13.8 Å². The number of nitrogens with zero attached hydrogens (tertiary/aromatic N) is 5. The van der Waals surface area contributed by atoms with E-state index in [1.165, 1.54) is 15.7 Å². The standard InChI is InChI=1S/C12H12N6O2S2/c1-7(2)13-11-15-16-12(22-11)21-9-10(18(19)20)17-6-4-3-5-8(17)14-9/h3-7H,1-2H3,(H,13,15). The van der Waals surface area contributed by atoms with Crippen molar-refractivity contribution in [3.63, 3.8) is 0 Å². The van der Waals surface area contributed by atoms with Gasteiger partial charge in [-0.05, 0) is 36.6 Å². The lowest BCUT2D eigenvalue weighted by atomic mass is 10.4. The Morgan fingerprint density at radius 3 is 2.95 bits per heavy atom. The van der Waals surface area contributed by atoms with E-state index >= 15 is 0 Å². The van der Waals surface area contributed by atoms with Crippen LogP contribution >= 0.6 is 23.1 Å². The van der Waals surface area contributed by atoms with Crippen LogP contribution in [0.4, 0.5) is 10.9 Å². The van der Waals surface area contributed by atoms with Gasteiger partial charge in [-0.15, -0.1) is 10.2 Å². The summed E-state index contributed by atoms with van der Waals surface area (Å²) >= 11 is 2.49. The molecule has 22 heavy (non-hydrogen) atoms. The normalized spacial score (nSPS) is 11.2. The number of hydrogen-bond donors (Lipinski definition) is 1. The van der Waals surface area contributed by atoms with Gasteiger partial charge in [0.1, 0.15) is 0 Å². The highest BCUT2D eigenvalue weighted by atomic mass is 32.2. The van der Waals surface area contributed by atoms with Crippen LogP contribution in [0.15, 0.2) is 33.8 Å². The van der Waals surface area contributed by atoms with E-state index in [9.17, 15) is 10.1 Å². The van der Waals surface area contributed by atoms with Crippen molar-refractivity contribution in [2.75, 3.05) is 5.32 Å². The van der Waals surface area contributed by atoms with Gasteiger partial charge in [-0.3, -0.25) is 0 Å². The molecule has 1 N–H and O–H groups in total. The fourth-order valence-corrected chi connectivity index (χ4v) is 3.75. The minimum absolute atomic E-state index is 0.0610. The van der Waals surface area contributed by atoms with Crippen molar-refractivity contribution in [3.05, 3.63) is 34.5 Å². The van der Waals surface area contributed by atoms with Crippen molar-refractivity contribution in [1.82, 2.24) is 19.6 Å². The van der Waals surface area contributed by atoms with Gasteiger partial charge in [-0.2, -0.15) is 9.38 Å². The maximum absolute atomic E-state index is 11.3.